The van der Waals surface area contributed by atoms with Crippen molar-refractivity contribution in [3.63, 3.8) is 0 Å². The molecule has 0 atom stereocenters. The highest BCUT2D eigenvalue weighted by molar-refractivity contribution is 8.37. The fraction of sp³-hybridized carbons (Fsp3) is 0.182. The van der Waals surface area contributed by atoms with Crippen LogP contribution in [0.15, 0.2) is 66.8 Å². The highest BCUT2D eigenvalue weighted by atomic mass is 32.2. The van der Waals surface area contributed by atoms with Gasteiger partial charge in [0.25, 0.3) is 0 Å². The van der Waals surface area contributed by atoms with E-state index in [1.807, 2.05) is 47.0 Å². The second-order valence-corrected chi connectivity index (χ2v) is 11.6. The Morgan fingerprint density at radius 1 is 0.500 bits per heavy atom. The molecule has 0 radical (unpaired) electrons. The van der Waals surface area contributed by atoms with Crippen molar-refractivity contribution in [2.75, 3.05) is 0 Å². The van der Waals surface area contributed by atoms with Gasteiger partial charge >= 0.3 is 0 Å². The Morgan fingerprint density at radius 3 is 1.46 bits per heavy atom. The Balaban J connectivity index is 1.33. The minimum absolute atomic E-state index is 1.19. The summed E-state index contributed by atoms with van der Waals surface area (Å²) < 4.78 is 3.02. The van der Waals surface area contributed by atoms with Crippen molar-refractivity contribution in [3.05, 3.63) is 89.1 Å². The molecule has 0 bridgehead atoms. The lowest BCUT2D eigenvalue weighted by molar-refractivity contribution is 0.972. The van der Waals surface area contributed by atoms with Crippen molar-refractivity contribution < 1.29 is 0 Å². The molecule has 2 aliphatic carbocycles. The fourth-order valence-corrected chi connectivity index (χ4v) is 9.93. The lowest BCUT2D eigenvalue weighted by atomic mass is 9.97. The van der Waals surface area contributed by atoms with Crippen LogP contribution in [0.5, 0.6) is 0 Å². The molecule has 0 fully saturated rings. The molecule has 2 heterocycles. The van der Waals surface area contributed by atoms with Crippen LogP contribution in [0.4, 0.5) is 0 Å². The van der Waals surface area contributed by atoms with Gasteiger partial charge in [0.15, 0.2) is 0 Å². The van der Waals surface area contributed by atoms with E-state index in [0.29, 0.717) is 0 Å². The third-order valence-electron chi connectivity index (χ3n) is 5.26. The molecule has 0 unspecified atom stereocenters. The van der Waals surface area contributed by atoms with Crippen LogP contribution in [-0.4, -0.2) is 0 Å². The lowest BCUT2D eigenvalue weighted by Crippen LogP contribution is -1.98. The van der Waals surface area contributed by atoms with Crippen LogP contribution in [0.3, 0.4) is 0 Å². The van der Waals surface area contributed by atoms with E-state index in [4.69, 9.17) is 0 Å². The highest BCUT2D eigenvalue weighted by Gasteiger charge is 2.34. The zero-order valence-corrected chi connectivity index (χ0v) is 17.3. The first kappa shape index (κ1) is 16.1. The minimum atomic E-state index is 1.19. The van der Waals surface area contributed by atoms with Gasteiger partial charge in [-0.1, -0.05) is 95.6 Å². The van der Waals surface area contributed by atoms with E-state index >= 15 is 0 Å². The molecule has 128 valence electrons. The zero-order chi connectivity index (χ0) is 17.1. The Hall–Kier alpha value is -0.940. The van der Waals surface area contributed by atoms with E-state index in [1.54, 1.807) is 9.81 Å². The van der Waals surface area contributed by atoms with E-state index in [2.05, 4.69) is 48.5 Å². The van der Waals surface area contributed by atoms with Gasteiger partial charge in [-0.3, -0.25) is 0 Å². The molecule has 0 N–H and O–H groups in total. The smallest absolute Gasteiger partial charge is 0.0703 e. The predicted octanol–water partition coefficient (Wildman–Crippen LogP) is 7.70. The van der Waals surface area contributed by atoms with Gasteiger partial charge < -0.3 is 0 Å². The van der Waals surface area contributed by atoms with Crippen LogP contribution in [-0.2, 0) is 12.8 Å². The van der Waals surface area contributed by atoms with Crippen molar-refractivity contribution in [3.8, 4) is 0 Å². The fourth-order valence-electron chi connectivity index (χ4n) is 3.98. The number of hydrogen-bond donors (Lipinski definition) is 0. The standard InChI is InChI=1S/C22H16S4/c1-3-7-15-13(5-1)9-11-17-19(15)25-21(23-17)22-24-18-12-10-14-6-2-4-8-16(14)20(18)26-22/h1-8H,9-12H2/b22-21-. The molecule has 0 aromatic heterocycles. The Labute approximate surface area is 171 Å². The number of allylic oxidation sites excluding steroid dienone is 2. The van der Waals surface area contributed by atoms with Crippen molar-refractivity contribution in [1.29, 1.82) is 0 Å². The van der Waals surface area contributed by atoms with Gasteiger partial charge in [0.2, 0.25) is 0 Å². The quantitative estimate of drug-likeness (QED) is 0.438. The van der Waals surface area contributed by atoms with Crippen LogP contribution < -0.4 is 0 Å². The number of benzene rings is 2. The second-order valence-electron chi connectivity index (χ2n) is 6.80. The van der Waals surface area contributed by atoms with Crippen LogP contribution in [0.1, 0.15) is 35.1 Å². The normalized spacial score (nSPS) is 23.7. The zero-order valence-electron chi connectivity index (χ0n) is 14.1. The van der Waals surface area contributed by atoms with Gasteiger partial charge in [0.1, 0.15) is 0 Å². The Morgan fingerprint density at radius 2 is 0.962 bits per heavy atom. The molecule has 4 aliphatic rings. The summed E-state index contributed by atoms with van der Waals surface area (Å²) >= 11 is 8.10. The largest absolute Gasteiger partial charge is 0.0842 e. The van der Waals surface area contributed by atoms with Gasteiger partial charge in [-0.2, -0.15) is 0 Å². The summed E-state index contributed by atoms with van der Waals surface area (Å²) in [5.41, 5.74) is 5.98. The van der Waals surface area contributed by atoms with Gasteiger partial charge in [0.05, 0.1) is 8.47 Å². The number of thioether (sulfide) groups is 4. The maximum absolute atomic E-state index is 2.31. The summed E-state index contributed by atoms with van der Waals surface area (Å²) in [6, 6.07) is 17.9. The van der Waals surface area contributed by atoms with Crippen molar-refractivity contribution >= 4 is 56.9 Å². The van der Waals surface area contributed by atoms with Gasteiger partial charge in [-0.25, -0.2) is 0 Å². The number of rotatable bonds is 0. The summed E-state index contributed by atoms with van der Waals surface area (Å²) in [7, 11) is 0. The van der Waals surface area contributed by atoms with E-state index in [1.165, 1.54) is 66.2 Å². The second kappa shape index (κ2) is 6.30. The number of hydrogen-bond acceptors (Lipinski definition) is 4. The summed E-state index contributed by atoms with van der Waals surface area (Å²) in [5.74, 6) is 0. The van der Waals surface area contributed by atoms with Crippen LogP contribution in [0.2, 0.25) is 0 Å². The van der Waals surface area contributed by atoms with Crippen molar-refractivity contribution in [1.82, 2.24) is 0 Å². The summed E-state index contributed by atoms with van der Waals surface area (Å²) in [6.07, 6.45) is 4.78. The first-order chi connectivity index (χ1) is 12.9. The van der Waals surface area contributed by atoms with E-state index < -0.39 is 0 Å². The third-order valence-corrected chi connectivity index (χ3v) is 11.2. The molecule has 2 aliphatic heterocycles. The molecule has 2 aromatic carbocycles. The average Bonchev–Trinajstić information content (AvgIpc) is 3.32. The van der Waals surface area contributed by atoms with Crippen molar-refractivity contribution in [2.45, 2.75) is 25.7 Å². The highest BCUT2D eigenvalue weighted by Crippen LogP contribution is 2.65. The van der Waals surface area contributed by atoms with Crippen LogP contribution >= 0.6 is 47.0 Å². The molecular formula is C22H16S4. The number of aryl methyl sites for hydroxylation is 2. The first-order valence-corrected chi connectivity index (χ1v) is 12.2. The molecule has 2 aromatic rings. The molecule has 26 heavy (non-hydrogen) atoms. The first-order valence-electron chi connectivity index (χ1n) is 8.95. The molecule has 0 spiro atoms. The Kier molecular flexibility index (Phi) is 3.89. The van der Waals surface area contributed by atoms with E-state index in [0.717, 1.165) is 0 Å². The molecule has 0 amide bonds. The van der Waals surface area contributed by atoms with Crippen LogP contribution in [0.25, 0.3) is 9.81 Å². The molecule has 4 heteroatoms. The molecular weight excluding hydrogens is 393 g/mol. The van der Waals surface area contributed by atoms with Gasteiger partial charge in [-0.15, -0.1) is 0 Å². The molecule has 6 rings (SSSR count). The van der Waals surface area contributed by atoms with E-state index in [-0.39, 0.29) is 0 Å². The number of fused-ring (bicyclic) bond motifs is 4. The van der Waals surface area contributed by atoms with E-state index in [9.17, 15) is 0 Å². The summed E-state index contributed by atoms with van der Waals surface area (Å²) in [6.45, 7) is 0. The molecule has 0 saturated heterocycles. The monoisotopic (exact) mass is 408 g/mol. The predicted molar refractivity (Wildman–Crippen MR) is 121 cm³/mol. The lowest BCUT2D eigenvalue weighted by Gasteiger charge is -2.16. The minimum Gasteiger partial charge on any atom is -0.0842 e. The van der Waals surface area contributed by atoms with Gasteiger partial charge in [0, 0.05) is 19.6 Å². The van der Waals surface area contributed by atoms with Crippen molar-refractivity contribution in [2.24, 2.45) is 0 Å². The summed E-state index contributed by atoms with van der Waals surface area (Å²) in [5, 5.41) is 0. The molecule has 0 nitrogen and oxygen atoms in total. The van der Waals surface area contributed by atoms with Crippen LogP contribution in [0, 0.1) is 0 Å². The maximum atomic E-state index is 2.31. The Bertz CT molecular complexity index is 958. The topological polar surface area (TPSA) is 0 Å². The average molecular weight is 409 g/mol. The summed E-state index contributed by atoms with van der Waals surface area (Å²) in [4.78, 5) is 6.21. The van der Waals surface area contributed by atoms with Gasteiger partial charge in [-0.05, 0) is 47.9 Å². The molecule has 0 saturated carbocycles. The SMILES string of the molecule is c1ccc2c(c1)CCC1=C2S/C(=C2/SC3=C(S2)c2ccccc2CC3)S1. The third kappa shape index (κ3) is 2.50. The maximum Gasteiger partial charge on any atom is 0.0703 e.